The number of aryl methyl sites for hydroxylation is 1. The second-order valence-electron chi connectivity index (χ2n) is 8.48. The number of piperidine rings is 1. The molecule has 174 valence electrons. The summed E-state index contributed by atoms with van der Waals surface area (Å²) in [6.45, 7) is 8.85. The molecule has 1 fully saturated rings. The highest BCUT2D eigenvalue weighted by Gasteiger charge is 2.30. The Morgan fingerprint density at radius 2 is 1.70 bits per heavy atom. The average Bonchev–Trinajstić information content (AvgIpc) is 3.04. The van der Waals surface area contributed by atoms with Crippen molar-refractivity contribution in [1.82, 2.24) is 9.88 Å². The lowest BCUT2D eigenvalue weighted by atomic mass is 9.98. The van der Waals surface area contributed by atoms with E-state index in [9.17, 15) is 4.79 Å². The molecule has 3 aromatic rings. The van der Waals surface area contributed by atoms with E-state index in [0.717, 1.165) is 44.6 Å². The number of amides is 2. The molecule has 5 nitrogen and oxygen atoms in total. The van der Waals surface area contributed by atoms with Gasteiger partial charge in [-0.25, -0.2) is 4.79 Å². The summed E-state index contributed by atoms with van der Waals surface area (Å²) < 4.78 is 0. The fourth-order valence-corrected chi connectivity index (χ4v) is 4.82. The molecular weight excluding hydrogens is 408 g/mol. The molecule has 0 spiro atoms. The minimum Gasteiger partial charge on any atom is -0.371 e. The number of carbonyl (C=O) groups is 1. The molecule has 33 heavy (non-hydrogen) atoms. The first kappa shape index (κ1) is 22.8. The number of hydrogen-bond acceptors (Lipinski definition) is 3. The molecule has 1 saturated heterocycles. The molecule has 0 saturated carbocycles. The normalized spacial score (nSPS) is 16.3. The summed E-state index contributed by atoms with van der Waals surface area (Å²) in [4.78, 5) is 21.5. The SMILES string of the molecule is CC.Cc1ccc(N2CCC(N3CCc4ccccc4NC3=O)CC2)cc1-c1ccncc1.[HH]. The van der Waals surface area contributed by atoms with E-state index in [2.05, 4.69) is 63.4 Å². The molecule has 2 aliphatic heterocycles. The molecular formula is C28H36N4O. The van der Waals surface area contributed by atoms with Gasteiger partial charge in [0.15, 0.2) is 0 Å². The lowest BCUT2D eigenvalue weighted by Gasteiger charge is -2.39. The second kappa shape index (κ2) is 10.5. The quantitative estimate of drug-likeness (QED) is 0.509. The summed E-state index contributed by atoms with van der Waals surface area (Å²) >= 11 is 0. The van der Waals surface area contributed by atoms with Crippen molar-refractivity contribution >= 4 is 17.4 Å². The van der Waals surface area contributed by atoms with Gasteiger partial charge >= 0.3 is 6.03 Å². The molecule has 2 amide bonds. The van der Waals surface area contributed by atoms with Crippen molar-refractivity contribution in [1.29, 1.82) is 0 Å². The molecule has 5 rings (SSSR count). The summed E-state index contributed by atoms with van der Waals surface area (Å²) in [7, 11) is 0. The Kier molecular flexibility index (Phi) is 7.28. The third kappa shape index (κ3) is 5.03. The number of hydrogen-bond donors (Lipinski definition) is 1. The Bertz CT molecular complexity index is 1080. The summed E-state index contributed by atoms with van der Waals surface area (Å²) in [5.74, 6) is 0. The molecule has 2 aliphatic rings. The van der Waals surface area contributed by atoms with E-state index >= 15 is 0 Å². The number of aromatic nitrogens is 1. The molecule has 1 aromatic heterocycles. The van der Waals surface area contributed by atoms with Gasteiger partial charge < -0.3 is 15.1 Å². The van der Waals surface area contributed by atoms with E-state index in [1.54, 1.807) is 0 Å². The van der Waals surface area contributed by atoms with Gasteiger partial charge in [0.05, 0.1) is 0 Å². The topological polar surface area (TPSA) is 48.5 Å². The third-order valence-corrected chi connectivity index (χ3v) is 6.62. The fraction of sp³-hybridized carbons (Fsp3) is 0.357. The lowest BCUT2D eigenvalue weighted by Crippen LogP contribution is -2.48. The van der Waals surface area contributed by atoms with Crippen molar-refractivity contribution in [3.63, 3.8) is 0 Å². The van der Waals surface area contributed by atoms with Crippen molar-refractivity contribution in [2.75, 3.05) is 29.9 Å². The summed E-state index contributed by atoms with van der Waals surface area (Å²) in [6, 6.07) is 19.3. The minimum atomic E-state index is 0. The van der Waals surface area contributed by atoms with Crippen molar-refractivity contribution in [2.24, 2.45) is 0 Å². The predicted octanol–water partition coefficient (Wildman–Crippen LogP) is 6.39. The zero-order valence-corrected chi connectivity index (χ0v) is 19.9. The van der Waals surface area contributed by atoms with Crippen LogP contribution in [0.15, 0.2) is 67.0 Å². The summed E-state index contributed by atoms with van der Waals surface area (Å²) in [5.41, 5.74) is 7.15. The number of nitrogens with zero attached hydrogens (tertiary/aromatic N) is 3. The van der Waals surface area contributed by atoms with E-state index < -0.39 is 0 Å². The number of anilines is 2. The summed E-state index contributed by atoms with van der Waals surface area (Å²) in [5, 5.41) is 3.11. The summed E-state index contributed by atoms with van der Waals surface area (Å²) in [6.07, 6.45) is 6.57. The average molecular weight is 445 g/mol. The van der Waals surface area contributed by atoms with Gasteiger partial charge in [0, 0.05) is 50.9 Å². The first-order valence-electron chi connectivity index (χ1n) is 12.1. The van der Waals surface area contributed by atoms with Gasteiger partial charge in [-0.05, 0) is 78.8 Å². The van der Waals surface area contributed by atoms with E-state index in [0.29, 0.717) is 0 Å². The number of fused-ring (bicyclic) bond motifs is 1. The molecule has 5 heteroatoms. The molecule has 3 heterocycles. The zero-order chi connectivity index (χ0) is 23.2. The second-order valence-corrected chi connectivity index (χ2v) is 8.48. The van der Waals surface area contributed by atoms with Crippen molar-refractivity contribution in [3.8, 4) is 11.1 Å². The molecule has 0 atom stereocenters. The number of urea groups is 1. The number of pyridine rings is 1. The minimum absolute atomic E-state index is 0. The van der Waals surface area contributed by atoms with Crippen LogP contribution < -0.4 is 10.2 Å². The maximum Gasteiger partial charge on any atom is 0.322 e. The van der Waals surface area contributed by atoms with Crippen molar-refractivity contribution < 1.29 is 6.22 Å². The molecule has 0 radical (unpaired) electrons. The predicted molar refractivity (Wildman–Crippen MR) is 139 cm³/mol. The number of benzene rings is 2. The van der Waals surface area contributed by atoms with Gasteiger partial charge in [0.2, 0.25) is 0 Å². The van der Waals surface area contributed by atoms with E-state index in [1.807, 2.05) is 44.4 Å². The largest absolute Gasteiger partial charge is 0.371 e. The molecule has 0 bridgehead atoms. The molecule has 1 N–H and O–H groups in total. The standard InChI is InChI=1S/C26H28N4O.C2H6.H2/c1-19-6-7-23(18-24(19)20-8-13-27-14-9-20)29-15-11-22(12-16-29)30-17-10-21-4-2-3-5-25(21)28-26(30)31;1-2;/h2-9,13-14,18,22H,10-12,15-17H2,1H3,(H,28,31);1-2H3;1H. The van der Waals surface area contributed by atoms with Gasteiger partial charge in [-0.2, -0.15) is 0 Å². The molecule has 0 unspecified atom stereocenters. The highest BCUT2D eigenvalue weighted by molar-refractivity contribution is 5.91. The van der Waals surface area contributed by atoms with Crippen LogP contribution in [-0.4, -0.2) is 41.6 Å². The van der Waals surface area contributed by atoms with Gasteiger partial charge in [0.1, 0.15) is 0 Å². The maximum atomic E-state index is 12.9. The van der Waals surface area contributed by atoms with Crippen LogP contribution >= 0.6 is 0 Å². The number of carbonyl (C=O) groups excluding carboxylic acids is 1. The first-order valence-corrected chi connectivity index (χ1v) is 12.1. The Morgan fingerprint density at radius 3 is 2.45 bits per heavy atom. The Balaban J connectivity index is 0.00000105. The Morgan fingerprint density at radius 1 is 0.970 bits per heavy atom. The zero-order valence-electron chi connectivity index (χ0n) is 19.9. The smallest absolute Gasteiger partial charge is 0.322 e. The van der Waals surface area contributed by atoms with Crippen LogP contribution in [0.5, 0.6) is 0 Å². The van der Waals surface area contributed by atoms with Crippen LogP contribution in [0.2, 0.25) is 0 Å². The van der Waals surface area contributed by atoms with Gasteiger partial charge in [-0.15, -0.1) is 0 Å². The van der Waals surface area contributed by atoms with E-state index in [1.165, 1.54) is 27.9 Å². The Hall–Kier alpha value is -3.34. The monoisotopic (exact) mass is 444 g/mol. The van der Waals surface area contributed by atoms with E-state index in [-0.39, 0.29) is 13.5 Å². The van der Waals surface area contributed by atoms with Gasteiger partial charge in [-0.1, -0.05) is 38.1 Å². The van der Waals surface area contributed by atoms with Crippen LogP contribution in [0, 0.1) is 6.92 Å². The number of rotatable bonds is 3. The van der Waals surface area contributed by atoms with Crippen LogP contribution in [0.25, 0.3) is 11.1 Å². The van der Waals surface area contributed by atoms with Crippen LogP contribution in [0.3, 0.4) is 0 Å². The first-order chi connectivity index (χ1) is 16.2. The van der Waals surface area contributed by atoms with Crippen LogP contribution in [0.4, 0.5) is 16.2 Å². The van der Waals surface area contributed by atoms with Gasteiger partial charge in [-0.3, -0.25) is 4.98 Å². The molecule has 0 aliphatic carbocycles. The third-order valence-electron chi connectivity index (χ3n) is 6.62. The van der Waals surface area contributed by atoms with Crippen LogP contribution in [-0.2, 0) is 6.42 Å². The molecule has 2 aromatic carbocycles. The highest BCUT2D eigenvalue weighted by atomic mass is 16.2. The van der Waals surface area contributed by atoms with Crippen LogP contribution in [0.1, 0.15) is 39.2 Å². The fourth-order valence-electron chi connectivity index (χ4n) is 4.82. The Labute approximate surface area is 198 Å². The van der Waals surface area contributed by atoms with Gasteiger partial charge in [0.25, 0.3) is 0 Å². The highest BCUT2D eigenvalue weighted by Crippen LogP contribution is 2.31. The van der Waals surface area contributed by atoms with Crippen molar-refractivity contribution in [2.45, 2.75) is 46.1 Å². The number of nitrogens with one attached hydrogen (secondary N) is 1. The number of para-hydroxylation sites is 1. The van der Waals surface area contributed by atoms with E-state index in [4.69, 9.17) is 0 Å². The lowest BCUT2D eigenvalue weighted by molar-refractivity contribution is 0.177. The van der Waals surface area contributed by atoms with Crippen molar-refractivity contribution in [3.05, 3.63) is 78.1 Å². The maximum absolute atomic E-state index is 12.9.